The molecule has 0 heterocycles. The molecular formula is C7H14BrN. The molecule has 0 aliphatic carbocycles. The number of hydrogen-bond donors (Lipinski definition) is 0. The summed E-state index contributed by atoms with van der Waals surface area (Å²) in [5.74, 6) is 0. The second kappa shape index (κ2) is 4.98. The van der Waals surface area contributed by atoms with Crippen molar-refractivity contribution in [2.45, 2.75) is 39.7 Å². The Morgan fingerprint density at radius 2 is 2.11 bits per heavy atom. The first-order valence-electron chi connectivity index (χ1n) is 3.39. The molecule has 0 saturated carbocycles. The summed E-state index contributed by atoms with van der Waals surface area (Å²) in [7, 11) is 0. The maximum Gasteiger partial charge on any atom is 0.0777 e. The number of hydrogen-bond acceptors (Lipinski definition) is 1. The summed E-state index contributed by atoms with van der Waals surface area (Å²) in [6, 6.07) is 0.422. The van der Waals surface area contributed by atoms with E-state index in [1.54, 1.807) is 0 Å². The van der Waals surface area contributed by atoms with Crippen LogP contribution in [0.5, 0.6) is 0 Å². The van der Waals surface area contributed by atoms with E-state index >= 15 is 0 Å². The molecule has 0 aliphatic heterocycles. The molecule has 0 fully saturated rings. The van der Waals surface area contributed by atoms with Crippen molar-refractivity contribution in [1.82, 2.24) is 0 Å². The Bertz CT molecular complexity index is 97.1. The van der Waals surface area contributed by atoms with Crippen LogP contribution < -0.4 is 0 Å². The maximum absolute atomic E-state index is 4.30. The van der Waals surface area contributed by atoms with Gasteiger partial charge in [0.2, 0.25) is 0 Å². The standard InChI is InChI=1S/C7H14BrN/c1-4-5-7(8)9-6(2)3/h6H,4-5H2,1-3H3/b9-7+. The van der Waals surface area contributed by atoms with Crippen LogP contribution >= 0.6 is 15.9 Å². The van der Waals surface area contributed by atoms with Gasteiger partial charge in [0, 0.05) is 6.04 Å². The molecule has 0 N–H and O–H groups in total. The van der Waals surface area contributed by atoms with Gasteiger partial charge in [-0.25, -0.2) is 0 Å². The Kier molecular flexibility index (Phi) is 5.06. The van der Waals surface area contributed by atoms with Crippen LogP contribution in [0.15, 0.2) is 4.99 Å². The van der Waals surface area contributed by atoms with E-state index in [0.29, 0.717) is 6.04 Å². The van der Waals surface area contributed by atoms with Gasteiger partial charge in [0.05, 0.1) is 4.62 Å². The first-order chi connectivity index (χ1) is 4.16. The predicted octanol–water partition coefficient (Wildman–Crippen LogP) is 2.99. The molecule has 0 radical (unpaired) electrons. The zero-order valence-electron chi connectivity index (χ0n) is 6.32. The van der Waals surface area contributed by atoms with E-state index in [-0.39, 0.29) is 0 Å². The zero-order chi connectivity index (χ0) is 7.28. The zero-order valence-corrected chi connectivity index (χ0v) is 7.90. The minimum atomic E-state index is 0.422. The lowest BCUT2D eigenvalue weighted by Crippen LogP contribution is -1.93. The molecule has 9 heavy (non-hydrogen) atoms. The highest BCUT2D eigenvalue weighted by molar-refractivity contribution is 9.18. The van der Waals surface area contributed by atoms with Crippen LogP contribution in [-0.4, -0.2) is 10.7 Å². The topological polar surface area (TPSA) is 12.4 Å². The normalized spacial score (nSPS) is 12.8. The van der Waals surface area contributed by atoms with E-state index in [1.807, 2.05) is 0 Å². The number of rotatable bonds is 3. The van der Waals surface area contributed by atoms with Gasteiger partial charge < -0.3 is 0 Å². The summed E-state index contributed by atoms with van der Waals surface area (Å²) in [5, 5.41) is 0. The minimum absolute atomic E-state index is 0.422. The van der Waals surface area contributed by atoms with Crippen molar-refractivity contribution in [2.75, 3.05) is 0 Å². The molecule has 0 amide bonds. The lowest BCUT2D eigenvalue weighted by atomic mass is 10.3. The van der Waals surface area contributed by atoms with Crippen LogP contribution in [0.2, 0.25) is 0 Å². The fourth-order valence-corrected chi connectivity index (χ4v) is 1.36. The van der Waals surface area contributed by atoms with E-state index in [9.17, 15) is 0 Å². The molecule has 0 aromatic rings. The summed E-state index contributed by atoms with van der Waals surface area (Å²) < 4.78 is 1.10. The van der Waals surface area contributed by atoms with E-state index in [1.165, 1.54) is 0 Å². The third-order valence-corrected chi connectivity index (χ3v) is 1.46. The smallest absolute Gasteiger partial charge is 0.0777 e. The molecule has 0 unspecified atom stereocenters. The van der Waals surface area contributed by atoms with Gasteiger partial charge in [0.15, 0.2) is 0 Å². The van der Waals surface area contributed by atoms with Gasteiger partial charge in [-0.05, 0) is 36.2 Å². The largest absolute Gasteiger partial charge is 0.280 e. The number of aliphatic imine (C=N–C) groups is 1. The Labute approximate surface area is 65.7 Å². The Morgan fingerprint density at radius 3 is 2.44 bits per heavy atom. The molecule has 0 atom stereocenters. The van der Waals surface area contributed by atoms with Crippen molar-refractivity contribution < 1.29 is 0 Å². The van der Waals surface area contributed by atoms with Crippen LogP contribution in [-0.2, 0) is 0 Å². The summed E-state index contributed by atoms with van der Waals surface area (Å²) >= 11 is 3.39. The van der Waals surface area contributed by atoms with Crippen molar-refractivity contribution in [3.63, 3.8) is 0 Å². The Morgan fingerprint density at radius 1 is 1.56 bits per heavy atom. The Hall–Kier alpha value is 0.150. The molecule has 54 valence electrons. The highest BCUT2D eigenvalue weighted by Gasteiger charge is 1.91. The van der Waals surface area contributed by atoms with Gasteiger partial charge in [0.25, 0.3) is 0 Å². The quantitative estimate of drug-likeness (QED) is 0.609. The van der Waals surface area contributed by atoms with Gasteiger partial charge in [-0.2, -0.15) is 0 Å². The predicted molar refractivity (Wildman–Crippen MR) is 46.4 cm³/mol. The van der Waals surface area contributed by atoms with Crippen LogP contribution in [0.3, 0.4) is 0 Å². The van der Waals surface area contributed by atoms with Crippen molar-refractivity contribution in [3.05, 3.63) is 0 Å². The molecule has 1 nitrogen and oxygen atoms in total. The van der Waals surface area contributed by atoms with E-state index in [4.69, 9.17) is 0 Å². The van der Waals surface area contributed by atoms with Gasteiger partial charge in [-0.15, -0.1) is 0 Å². The summed E-state index contributed by atoms with van der Waals surface area (Å²) in [6.45, 7) is 6.31. The monoisotopic (exact) mass is 191 g/mol. The molecule has 2 heteroatoms. The number of halogens is 1. The van der Waals surface area contributed by atoms with Crippen LogP contribution in [0.25, 0.3) is 0 Å². The van der Waals surface area contributed by atoms with Crippen molar-refractivity contribution >= 4 is 20.6 Å². The lowest BCUT2D eigenvalue weighted by molar-refractivity contribution is 0.830. The molecule has 0 spiro atoms. The molecule has 0 rings (SSSR count). The summed E-state index contributed by atoms with van der Waals surface area (Å²) in [4.78, 5) is 4.30. The van der Waals surface area contributed by atoms with Crippen molar-refractivity contribution in [2.24, 2.45) is 4.99 Å². The highest BCUT2D eigenvalue weighted by atomic mass is 79.9. The molecule has 0 bridgehead atoms. The third-order valence-electron chi connectivity index (χ3n) is 0.855. The highest BCUT2D eigenvalue weighted by Crippen LogP contribution is 2.01. The first kappa shape index (κ1) is 9.15. The molecular weight excluding hydrogens is 178 g/mol. The van der Waals surface area contributed by atoms with E-state index in [2.05, 4.69) is 41.7 Å². The lowest BCUT2D eigenvalue weighted by Gasteiger charge is -1.97. The second-order valence-electron chi connectivity index (χ2n) is 2.35. The fourth-order valence-electron chi connectivity index (χ4n) is 0.551. The number of nitrogens with zero attached hydrogens (tertiary/aromatic N) is 1. The maximum atomic E-state index is 4.30. The average molecular weight is 192 g/mol. The summed E-state index contributed by atoms with van der Waals surface area (Å²) in [6.07, 6.45) is 2.23. The first-order valence-corrected chi connectivity index (χ1v) is 4.18. The van der Waals surface area contributed by atoms with Gasteiger partial charge in [-0.1, -0.05) is 13.3 Å². The van der Waals surface area contributed by atoms with Crippen molar-refractivity contribution in [3.8, 4) is 0 Å². The van der Waals surface area contributed by atoms with Crippen molar-refractivity contribution in [1.29, 1.82) is 0 Å². The van der Waals surface area contributed by atoms with Crippen LogP contribution in [0.1, 0.15) is 33.6 Å². The van der Waals surface area contributed by atoms with E-state index in [0.717, 1.165) is 17.5 Å². The third kappa shape index (κ3) is 6.03. The second-order valence-corrected chi connectivity index (χ2v) is 3.26. The molecule has 0 aliphatic rings. The van der Waals surface area contributed by atoms with E-state index < -0.39 is 0 Å². The van der Waals surface area contributed by atoms with Gasteiger partial charge in [0.1, 0.15) is 0 Å². The average Bonchev–Trinajstić information content (AvgIpc) is 1.63. The van der Waals surface area contributed by atoms with Crippen LogP contribution in [0, 0.1) is 0 Å². The van der Waals surface area contributed by atoms with Crippen LogP contribution in [0.4, 0.5) is 0 Å². The Balaban J connectivity index is 3.55. The fraction of sp³-hybridized carbons (Fsp3) is 0.857. The van der Waals surface area contributed by atoms with Gasteiger partial charge in [-0.3, -0.25) is 4.99 Å². The summed E-state index contributed by atoms with van der Waals surface area (Å²) in [5.41, 5.74) is 0. The minimum Gasteiger partial charge on any atom is -0.280 e. The molecule has 0 aromatic carbocycles. The van der Waals surface area contributed by atoms with Gasteiger partial charge >= 0.3 is 0 Å². The molecule has 0 aromatic heterocycles. The SMILES string of the molecule is CCC/C(Br)=N\C(C)C. The molecule has 0 saturated heterocycles.